The summed E-state index contributed by atoms with van der Waals surface area (Å²) in [4.78, 5) is 0. The molecule has 1 aliphatic heterocycles. The minimum Gasteiger partial charge on any atom is -0.486 e. The highest BCUT2D eigenvalue weighted by Gasteiger charge is 2.21. The van der Waals surface area contributed by atoms with Crippen molar-refractivity contribution in [3.05, 3.63) is 44.6 Å². The van der Waals surface area contributed by atoms with Gasteiger partial charge in [-0.15, -0.1) is 0 Å². The van der Waals surface area contributed by atoms with Gasteiger partial charge in [-0.05, 0) is 34.9 Å². The van der Waals surface area contributed by atoms with Crippen LogP contribution in [0.4, 0.5) is 0 Å². The third kappa shape index (κ3) is 2.31. The first-order valence-corrected chi connectivity index (χ1v) is 7.28. The molecule has 3 nitrogen and oxygen atoms in total. The van der Waals surface area contributed by atoms with Crippen LogP contribution in [0.3, 0.4) is 0 Å². The first kappa shape index (κ1) is 12.8. The Balaban J connectivity index is 2.03. The number of halogens is 1. The molecule has 0 bridgehead atoms. The SMILES string of the molecule is Cc1cscc1C(O)c1cc2c(cc1Cl)OCCO2. The molecule has 0 spiro atoms. The Morgan fingerprint density at radius 3 is 2.47 bits per heavy atom. The summed E-state index contributed by atoms with van der Waals surface area (Å²) in [6.07, 6.45) is -0.741. The van der Waals surface area contributed by atoms with E-state index in [1.807, 2.05) is 17.7 Å². The Bertz CT molecular complexity index is 609. The highest BCUT2D eigenvalue weighted by atomic mass is 35.5. The van der Waals surface area contributed by atoms with E-state index in [0.29, 0.717) is 35.3 Å². The topological polar surface area (TPSA) is 38.7 Å². The fourth-order valence-electron chi connectivity index (χ4n) is 2.11. The minimum absolute atomic E-state index is 0.488. The number of aliphatic hydroxyl groups is 1. The maximum atomic E-state index is 10.5. The van der Waals surface area contributed by atoms with Crippen LogP contribution in [-0.4, -0.2) is 18.3 Å². The molecule has 100 valence electrons. The van der Waals surface area contributed by atoms with Gasteiger partial charge in [-0.1, -0.05) is 11.6 Å². The van der Waals surface area contributed by atoms with Gasteiger partial charge in [-0.3, -0.25) is 0 Å². The van der Waals surface area contributed by atoms with Crippen LogP contribution in [0.15, 0.2) is 22.9 Å². The van der Waals surface area contributed by atoms with Crippen molar-refractivity contribution < 1.29 is 14.6 Å². The second kappa shape index (κ2) is 5.04. The van der Waals surface area contributed by atoms with Crippen LogP contribution in [0, 0.1) is 6.92 Å². The lowest BCUT2D eigenvalue weighted by molar-refractivity contribution is 0.169. The highest BCUT2D eigenvalue weighted by molar-refractivity contribution is 7.08. The molecule has 0 saturated carbocycles. The van der Waals surface area contributed by atoms with Crippen LogP contribution in [-0.2, 0) is 0 Å². The lowest BCUT2D eigenvalue weighted by Crippen LogP contribution is -2.16. The molecule has 19 heavy (non-hydrogen) atoms. The zero-order chi connectivity index (χ0) is 13.4. The van der Waals surface area contributed by atoms with Crippen molar-refractivity contribution in [1.82, 2.24) is 0 Å². The van der Waals surface area contributed by atoms with E-state index in [2.05, 4.69) is 0 Å². The van der Waals surface area contributed by atoms with Gasteiger partial charge in [0, 0.05) is 11.6 Å². The molecule has 0 radical (unpaired) electrons. The molecule has 0 fully saturated rings. The van der Waals surface area contributed by atoms with Gasteiger partial charge in [-0.25, -0.2) is 0 Å². The Morgan fingerprint density at radius 1 is 1.16 bits per heavy atom. The third-order valence-corrected chi connectivity index (χ3v) is 4.35. The number of ether oxygens (including phenoxy) is 2. The first-order chi connectivity index (χ1) is 9.16. The molecular weight excluding hydrogens is 284 g/mol. The molecule has 1 N–H and O–H groups in total. The van der Waals surface area contributed by atoms with Gasteiger partial charge in [0.2, 0.25) is 0 Å². The van der Waals surface area contributed by atoms with E-state index in [1.54, 1.807) is 23.5 Å². The molecule has 0 aliphatic carbocycles. The summed E-state index contributed by atoms with van der Waals surface area (Å²) < 4.78 is 11.0. The van der Waals surface area contributed by atoms with Crippen molar-refractivity contribution in [2.75, 3.05) is 13.2 Å². The van der Waals surface area contributed by atoms with Gasteiger partial charge in [0.05, 0.1) is 5.02 Å². The smallest absolute Gasteiger partial charge is 0.162 e. The predicted octanol–water partition coefficient (Wildman–Crippen LogP) is 3.56. The monoisotopic (exact) mass is 296 g/mol. The largest absolute Gasteiger partial charge is 0.486 e. The van der Waals surface area contributed by atoms with Gasteiger partial charge in [0.25, 0.3) is 0 Å². The highest BCUT2D eigenvalue weighted by Crippen LogP contribution is 2.40. The van der Waals surface area contributed by atoms with Crippen LogP contribution in [0.1, 0.15) is 22.8 Å². The van der Waals surface area contributed by atoms with Crippen LogP contribution >= 0.6 is 22.9 Å². The van der Waals surface area contributed by atoms with Crippen molar-refractivity contribution in [2.24, 2.45) is 0 Å². The van der Waals surface area contributed by atoms with Crippen molar-refractivity contribution in [1.29, 1.82) is 0 Å². The second-order valence-corrected chi connectivity index (χ2v) is 5.58. The third-order valence-electron chi connectivity index (χ3n) is 3.15. The molecule has 1 aliphatic rings. The second-order valence-electron chi connectivity index (χ2n) is 4.43. The van der Waals surface area contributed by atoms with E-state index in [4.69, 9.17) is 21.1 Å². The zero-order valence-electron chi connectivity index (χ0n) is 10.4. The molecule has 0 amide bonds. The standard InChI is InChI=1S/C14H13ClO3S/c1-8-6-19-7-10(8)14(16)9-4-12-13(5-11(9)15)18-3-2-17-12/h4-7,14,16H,2-3H2,1H3. The van der Waals surface area contributed by atoms with Crippen molar-refractivity contribution in [2.45, 2.75) is 13.0 Å². The van der Waals surface area contributed by atoms with E-state index in [1.165, 1.54) is 0 Å². The van der Waals surface area contributed by atoms with Crippen molar-refractivity contribution in [3.63, 3.8) is 0 Å². The van der Waals surface area contributed by atoms with Crippen LogP contribution in [0.25, 0.3) is 0 Å². The quantitative estimate of drug-likeness (QED) is 0.921. The van der Waals surface area contributed by atoms with E-state index >= 15 is 0 Å². The number of aliphatic hydroxyl groups excluding tert-OH is 1. The zero-order valence-corrected chi connectivity index (χ0v) is 11.9. The Morgan fingerprint density at radius 2 is 1.84 bits per heavy atom. The maximum Gasteiger partial charge on any atom is 0.162 e. The Kier molecular flexibility index (Phi) is 3.39. The molecule has 1 unspecified atom stereocenters. The number of aryl methyl sites for hydroxylation is 1. The maximum absolute atomic E-state index is 10.5. The number of rotatable bonds is 2. The first-order valence-electron chi connectivity index (χ1n) is 5.96. The minimum atomic E-state index is -0.741. The normalized spacial score (nSPS) is 15.3. The van der Waals surface area contributed by atoms with Gasteiger partial charge in [0.1, 0.15) is 19.3 Å². The summed E-state index contributed by atoms with van der Waals surface area (Å²) in [6.45, 7) is 3.01. The van der Waals surface area contributed by atoms with Gasteiger partial charge >= 0.3 is 0 Å². The van der Waals surface area contributed by atoms with Crippen molar-refractivity contribution in [3.8, 4) is 11.5 Å². The van der Waals surface area contributed by atoms with E-state index in [9.17, 15) is 5.11 Å². The van der Waals surface area contributed by atoms with Gasteiger partial charge < -0.3 is 14.6 Å². The molecule has 1 aromatic heterocycles. The summed E-state index contributed by atoms with van der Waals surface area (Å²) in [5.74, 6) is 1.27. The predicted molar refractivity (Wildman–Crippen MR) is 75.6 cm³/mol. The lowest BCUT2D eigenvalue weighted by Gasteiger charge is -2.21. The van der Waals surface area contributed by atoms with E-state index in [0.717, 1.165) is 11.1 Å². The molecule has 0 saturated heterocycles. The number of hydrogen-bond donors (Lipinski definition) is 1. The van der Waals surface area contributed by atoms with E-state index in [-0.39, 0.29) is 0 Å². The fraction of sp³-hybridized carbons (Fsp3) is 0.286. The molecule has 2 heterocycles. The molecule has 1 atom stereocenters. The number of fused-ring (bicyclic) bond motifs is 1. The summed E-state index contributed by atoms with van der Waals surface area (Å²) in [6, 6.07) is 3.47. The molecule has 1 aromatic carbocycles. The van der Waals surface area contributed by atoms with Crippen molar-refractivity contribution >= 4 is 22.9 Å². The van der Waals surface area contributed by atoms with Crippen LogP contribution in [0.2, 0.25) is 5.02 Å². The lowest BCUT2D eigenvalue weighted by atomic mass is 10.0. The van der Waals surface area contributed by atoms with Crippen LogP contribution in [0.5, 0.6) is 11.5 Å². The summed E-state index contributed by atoms with van der Waals surface area (Å²) in [7, 11) is 0. The van der Waals surface area contributed by atoms with Crippen LogP contribution < -0.4 is 9.47 Å². The summed E-state index contributed by atoms with van der Waals surface area (Å²) in [5, 5.41) is 14.9. The van der Waals surface area contributed by atoms with Gasteiger partial charge in [0.15, 0.2) is 11.5 Å². The number of benzene rings is 1. The number of thiophene rings is 1. The summed E-state index contributed by atoms with van der Waals surface area (Å²) in [5.41, 5.74) is 2.58. The molecule has 5 heteroatoms. The molecule has 2 aromatic rings. The fourth-order valence-corrected chi connectivity index (χ4v) is 3.23. The average Bonchev–Trinajstić information content (AvgIpc) is 2.83. The Labute approximate surface area is 120 Å². The molecular formula is C14H13ClO3S. The summed E-state index contributed by atoms with van der Waals surface area (Å²) >= 11 is 7.80. The molecule has 3 rings (SSSR count). The Hall–Kier alpha value is -1.23. The van der Waals surface area contributed by atoms with E-state index < -0.39 is 6.10 Å². The van der Waals surface area contributed by atoms with Gasteiger partial charge in [-0.2, -0.15) is 11.3 Å². The number of hydrogen-bond acceptors (Lipinski definition) is 4. The average molecular weight is 297 g/mol.